The van der Waals surface area contributed by atoms with Gasteiger partial charge in [-0.25, -0.2) is 9.59 Å². The minimum Gasteiger partial charge on any atom is -0.478 e. The van der Waals surface area contributed by atoms with E-state index in [1.165, 1.54) is 13.8 Å². The summed E-state index contributed by atoms with van der Waals surface area (Å²) in [7, 11) is 0. The summed E-state index contributed by atoms with van der Waals surface area (Å²) in [5, 5.41) is 34.1. The Morgan fingerprint density at radius 3 is 0.607 bits per heavy atom. The number of carboxylic acids is 2. The first kappa shape index (κ1) is 63.2. The van der Waals surface area contributed by atoms with Gasteiger partial charge in [-0.2, -0.15) is 0 Å². The highest BCUT2D eigenvalue weighted by Crippen LogP contribution is 2.07. The van der Waals surface area contributed by atoms with Gasteiger partial charge >= 0.3 is 11.9 Å². The average Bonchev–Trinajstić information content (AvgIpc) is 3.20. The molecule has 12 unspecified atom stereocenters. The number of aliphatic hydroxyl groups excluding tert-OH is 2. The van der Waals surface area contributed by atoms with Crippen LogP contribution >= 0.6 is 0 Å². The summed E-state index contributed by atoms with van der Waals surface area (Å²) in [6.07, 6.45) is -1.54. The van der Waals surface area contributed by atoms with Crippen molar-refractivity contribution in [1.82, 2.24) is 0 Å². The number of carboxylic acid groups (broad SMARTS) is 2. The third-order valence-corrected chi connectivity index (χ3v) is 7.76. The van der Waals surface area contributed by atoms with Crippen LogP contribution in [-0.2, 0) is 61.7 Å². The fraction of sp³-hybridized carbons (Fsp3) is 0.864. The number of aliphatic hydroxyl groups is 2. The molecule has 17 heteroatoms. The van der Waals surface area contributed by atoms with E-state index in [0.29, 0.717) is 72.7 Å². The predicted molar refractivity (Wildman–Crippen MR) is 233 cm³/mol. The molecule has 0 aromatic rings. The van der Waals surface area contributed by atoms with Crippen molar-refractivity contribution < 1.29 is 82.1 Å². The molecule has 0 aromatic carbocycles. The predicted octanol–water partition coefficient (Wildman–Crippen LogP) is 5.11. The SMILES string of the molecule is C=C(C)C(=O)O.C=C(C)C(=O)O.CC(O)COC(C)COC(C)COC(C)COC(C)COC(C)COC(C)COC(C)COC(C)COC(C)COC(C)COC(C)CO. The average molecular weight is 887 g/mol. The first-order valence-corrected chi connectivity index (χ1v) is 21.2. The van der Waals surface area contributed by atoms with Crippen LogP contribution in [0.2, 0.25) is 0 Å². The van der Waals surface area contributed by atoms with Gasteiger partial charge in [-0.3, -0.25) is 0 Å². The summed E-state index contributed by atoms with van der Waals surface area (Å²) in [6.45, 7) is 37.1. The van der Waals surface area contributed by atoms with Gasteiger partial charge in [0.1, 0.15) is 0 Å². The van der Waals surface area contributed by atoms with Gasteiger partial charge in [0.05, 0.1) is 153 Å². The lowest BCUT2D eigenvalue weighted by atomic mass is 10.3. The van der Waals surface area contributed by atoms with E-state index in [1.807, 2.05) is 76.2 Å². The van der Waals surface area contributed by atoms with Crippen molar-refractivity contribution in [2.45, 2.75) is 170 Å². The molecule has 0 rings (SSSR count). The number of carbonyl (C=O) groups is 2. The van der Waals surface area contributed by atoms with Gasteiger partial charge in [0, 0.05) is 11.1 Å². The van der Waals surface area contributed by atoms with E-state index in [1.54, 1.807) is 6.92 Å². The number of hydrogen-bond donors (Lipinski definition) is 4. The van der Waals surface area contributed by atoms with Crippen LogP contribution in [0.3, 0.4) is 0 Å². The normalized spacial score (nSPS) is 17.3. The molecule has 0 amide bonds. The molecule has 0 fully saturated rings. The van der Waals surface area contributed by atoms with Crippen molar-refractivity contribution >= 4 is 11.9 Å². The molecule has 12 atom stereocenters. The molecule has 0 aliphatic rings. The minimum atomic E-state index is -0.935. The highest BCUT2D eigenvalue weighted by atomic mass is 16.6. The molecule has 364 valence electrons. The molecular formula is C44H86O17. The molecular weight excluding hydrogens is 800 g/mol. The van der Waals surface area contributed by atoms with Crippen LogP contribution in [0.5, 0.6) is 0 Å². The second-order valence-electron chi connectivity index (χ2n) is 15.8. The van der Waals surface area contributed by atoms with Crippen molar-refractivity contribution in [1.29, 1.82) is 0 Å². The number of aliphatic carboxylic acids is 2. The van der Waals surface area contributed by atoms with Crippen molar-refractivity contribution in [2.75, 3.05) is 79.3 Å². The molecule has 0 aliphatic heterocycles. The lowest BCUT2D eigenvalue weighted by molar-refractivity contribution is -0.133. The second-order valence-corrected chi connectivity index (χ2v) is 15.8. The van der Waals surface area contributed by atoms with E-state index in [0.717, 1.165) is 0 Å². The van der Waals surface area contributed by atoms with Crippen LogP contribution in [0.1, 0.15) is 96.9 Å². The van der Waals surface area contributed by atoms with E-state index in [2.05, 4.69) is 13.2 Å². The van der Waals surface area contributed by atoms with E-state index >= 15 is 0 Å². The number of rotatable bonds is 36. The van der Waals surface area contributed by atoms with Gasteiger partial charge in [0.15, 0.2) is 0 Å². The number of hydrogen-bond acceptors (Lipinski definition) is 15. The summed E-state index contributed by atoms with van der Waals surface area (Å²) in [5.41, 5.74) is 0.352. The summed E-state index contributed by atoms with van der Waals surface area (Å²) in [4.78, 5) is 19.2. The highest BCUT2D eigenvalue weighted by Gasteiger charge is 2.16. The van der Waals surface area contributed by atoms with E-state index < -0.39 is 18.0 Å². The van der Waals surface area contributed by atoms with Crippen molar-refractivity contribution in [3.8, 4) is 0 Å². The third-order valence-electron chi connectivity index (χ3n) is 7.76. The van der Waals surface area contributed by atoms with Gasteiger partial charge in [0.25, 0.3) is 0 Å². The molecule has 0 heterocycles. The first-order chi connectivity index (χ1) is 28.4. The van der Waals surface area contributed by atoms with Gasteiger partial charge < -0.3 is 72.5 Å². The molecule has 4 N–H and O–H groups in total. The Balaban J connectivity index is -0.00000243. The third kappa shape index (κ3) is 45.7. The zero-order valence-corrected chi connectivity index (χ0v) is 39.9. The molecule has 0 saturated heterocycles. The van der Waals surface area contributed by atoms with E-state index in [9.17, 15) is 14.7 Å². The van der Waals surface area contributed by atoms with Gasteiger partial charge in [-0.1, -0.05) is 13.2 Å². The van der Waals surface area contributed by atoms with Crippen molar-refractivity contribution in [3.05, 3.63) is 24.3 Å². The van der Waals surface area contributed by atoms with Crippen LogP contribution in [-0.4, -0.2) is 185 Å². The highest BCUT2D eigenvalue weighted by molar-refractivity contribution is 5.85. The molecule has 0 bridgehead atoms. The standard InChI is InChI=1S/C36H74O13.2C4H6O2/c1-25(38)14-39-27(3)16-41-29(5)18-43-31(7)20-45-33(9)22-47-35(11)24-49-36(12)23-48-34(10)21-46-32(8)19-44-30(6)17-42-28(4)15-40-26(2)13-37;2*1-3(2)4(5)6/h25-38H,13-24H2,1-12H3;2*1H2,2H3,(H,5,6). The summed E-state index contributed by atoms with van der Waals surface area (Å²) >= 11 is 0. The molecule has 0 aliphatic carbocycles. The zero-order chi connectivity index (χ0) is 47.5. The lowest BCUT2D eigenvalue weighted by Gasteiger charge is -2.23. The Hall–Kier alpha value is -2.10. The van der Waals surface area contributed by atoms with Gasteiger partial charge in [-0.05, 0) is 96.9 Å². The Morgan fingerprint density at radius 2 is 0.492 bits per heavy atom. The maximum Gasteiger partial charge on any atom is 0.330 e. The Kier molecular flexibility index (Phi) is 40.9. The van der Waals surface area contributed by atoms with Crippen LogP contribution in [0.15, 0.2) is 24.3 Å². The maximum absolute atomic E-state index is 9.60. The minimum absolute atomic E-state index is 0.00643. The largest absolute Gasteiger partial charge is 0.478 e. The van der Waals surface area contributed by atoms with Crippen molar-refractivity contribution in [3.63, 3.8) is 0 Å². The monoisotopic (exact) mass is 887 g/mol. The summed E-state index contributed by atoms with van der Waals surface area (Å²) in [5.74, 6) is -1.87. The molecule has 0 radical (unpaired) electrons. The lowest BCUT2D eigenvalue weighted by Crippen LogP contribution is -2.31. The van der Waals surface area contributed by atoms with Crippen molar-refractivity contribution in [2.24, 2.45) is 0 Å². The summed E-state index contributed by atoms with van der Waals surface area (Å²) in [6, 6.07) is 0. The zero-order valence-electron chi connectivity index (χ0n) is 39.9. The smallest absolute Gasteiger partial charge is 0.330 e. The Morgan fingerprint density at radius 1 is 0.361 bits per heavy atom. The molecule has 0 saturated carbocycles. The first-order valence-electron chi connectivity index (χ1n) is 21.2. The fourth-order valence-corrected chi connectivity index (χ4v) is 3.84. The van der Waals surface area contributed by atoms with Crippen LogP contribution in [0.25, 0.3) is 0 Å². The fourth-order valence-electron chi connectivity index (χ4n) is 3.84. The van der Waals surface area contributed by atoms with Crippen LogP contribution in [0.4, 0.5) is 0 Å². The van der Waals surface area contributed by atoms with Crippen LogP contribution in [0, 0.1) is 0 Å². The van der Waals surface area contributed by atoms with Crippen LogP contribution < -0.4 is 0 Å². The topological polar surface area (TPSA) is 217 Å². The Labute approximate surface area is 367 Å². The summed E-state index contributed by atoms with van der Waals surface area (Å²) < 4.78 is 63.8. The maximum atomic E-state index is 9.60. The van der Waals surface area contributed by atoms with E-state index in [-0.39, 0.29) is 84.9 Å². The molecule has 0 spiro atoms. The van der Waals surface area contributed by atoms with Gasteiger partial charge in [0.2, 0.25) is 0 Å². The Bertz CT molecular complexity index is 1040. The molecule has 0 aromatic heterocycles. The quantitative estimate of drug-likeness (QED) is 0.0601. The van der Waals surface area contributed by atoms with Gasteiger partial charge in [-0.15, -0.1) is 0 Å². The number of ether oxygens (including phenoxy) is 11. The second kappa shape index (κ2) is 39.5. The molecule has 61 heavy (non-hydrogen) atoms. The molecule has 17 nitrogen and oxygen atoms in total. The van der Waals surface area contributed by atoms with E-state index in [4.69, 9.17) is 67.4 Å².